The van der Waals surface area contributed by atoms with Crippen molar-refractivity contribution in [3.8, 4) is 0 Å². The number of hydrogen-bond acceptors (Lipinski definition) is 4. The molecular weight excluding hydrogens is 188 g/mol. The predicted molar refractivity (Wildman–Crippen MR) is 49.5 cm³/mol. The van der Waals surface area contributed by atoms with Crippen LogP contribution in [0.1, 0.15) is 17.4 Å². The minimum Gasteiger partial charge on any atom is -0.392 e. The van der Waals surface area contributed by atoms with Crippen molar-refractivity contribution < 1.29 is 14.6 Å². The highest BCUT2D eigenvalue weighted by molar-refractivity contribution is 7.10. The van der Waals surface area contributed by atoms with E-state index in [1.165, 1.54) is 0 Å². The topological polar surface area (TPSA) is 38.7 Å². The fourth-order valence-corrected chi connectivity index (χ4v) is 2.33. The average Bonchev–Trinajstić information content (AvgIpc) is 2.72. The second-order valence-electron chi connectivity index (χ2n) is 3.12. The normalized spacial score (nSPS) is 20.8. The van der Waals surface area contributed by atoms with Crippen molar-refractivity contribution in [1.29, 1.82) is 0 Å². The summed E-state index contributed by atoms with van der Waals surface area (Å²) in [6.45, 7) is 3.27. The Bertz CT molecular complexity index is 289. The Kier molecular flexibility index (Phi) is 2.38. The van der Waals surface area contributed by atoms with Crippen LogP contribution < -0.4 is 0 Å². The van der Waals surface area contributed by atoms with E-state index in [2.05, 4.69) is 0 Å². The summed E-state index contributed by atoms with van der Waals surface area (Å²) in [5.41, 5.74) is 0.917. The first kappa shape index (κ1) is 9.15. The standard InChI is InChI=1S/C9H12O3S/c1-9(11-2-3-12-9)8-4-7(5-10)6-13-8/h4,6,10H,2-3,5H2,1H3. The number of hydrogen-bond donors (Lipinski definition) is 1. The molecule has 0 radical (unpaired) electrons. The lowest BCUT2D eigenvalue weighted by molar-refractivity contribution is -0.147. The maximum absolute atomic E-state index is 8.90. The van der Waals surface area contributed by atoms with Crippen molar-refractivity contribution in [2.75, 3.05) is 13.2 Å². The number of rotatable bonds is 2. The lowest BCUT2D eigenvalue weighted by Gasteiger charge is -2.20. The molecule has 1 aliphatic heterocycles. The molecule has 2 heterocycles. The molecule has 0 amide bonds. The first-order valence-electron chi connectivity index (χ1n) is 4.21. The van der Waals surface area contributed by atoms with Gasteiger partial charge in [-0.2, -0.15) is 0 Å². The van der Waals surface area contributed by atoms with Crippen LogP contribution in [0, 0.1) is 0 Å². The SMILES string of the molecule is CC1(c2cc(CO)cs2)OCCO1. The molecule has 0 spiro atoms. The fraction of sp³-hybridized carbons (Fsp3) is 0.556. The molecule has 1 aromatic heterocycles. The van der Waals surface area contributed by atoms with E-state index in [4.69, 9.17) is 14.6 Å². The molecule has 0 aliphatic carbocycles. The van der Waals surface area contributed by atoms with Gasteiger partial charge in [0.25, 0.3) is 0 Å². The maximum atomic E-state index is 8.90. The van der Waals surface area contributed by atoms with Crippen molar-refractivity contribution >= 4 is 11.3 Å². The van der Waals surface area contributed by atoms with E-state index < -0.39 is 5.79 Å². The summed E-state index contributed by atoms with van der Waals surface area (Å²) in [6.07, 6.45) is 0. The minimum absolute atomic E-state index is 0.0760. The molecule has 72 valence electrons. The second-order valence-corrected chi connectivity index (χ2v) is 4.03. The van der Waals surface area contributed by atoms with Crippen LogP contribution in [0.25, 0.3) is 0 Å². The third-order valence-corrected chi connectivity index (χ3v) is 3.29. The van der Waals surface area contributed by atoms with Gasteiger partial charge in [0.15, 0.2) is 0 Å². The number of aliphatic hydroxyl groups is 1. The van der Waals surface area contributed by atoms with Gasteiger partial charge in [0, 0.05) is 0 Å². The largest absolute Gasteiger partial charge is 0.392 e. The molecule has 1 aromatic rings. The molecule has 1 saturated heterocycles. The average molecular weight is 200 g/mol. The van der Waals surface area contributed by atoms with Gasteiger partial charge in [0.05, 0.1) is 24.7 Å². The van der Waals surface area contributed by atoms with E-state index in [1.807, 2.05) is 18.4 Å². The van der Waals surface area contributed by atoms with Crippen molar-refractivity contribution in [2.45, 2.75) is 19.3 Å². The van der Waals surface area contributed by atoms with Gasteiger partial charge in [-0.3, -0.25) is 0 Å². The number of aliphatic hydroxyl groups excluding tert-OH is 1. The van der Waals surface area contributed by atoms with Gasteiger partial charge in [0.2, 0.25) is 5.79 Å². The lowest BCUT2D eigenvalue weighted by Crippen LogP contribution is -2.20. The third kappa shape index (κ3) is 1.62. The van der Waals surface area contributed by atoms with Gasteiger partial charge >= 0.3 is 0 Å². The molecule has 2 rings (SSSR count). The summed E-state index contributed by atoms with van der Waals surface area (Å²) in [5.74, 6) is -0.585. The van der Waals surface area contributed by atoms with Gasteiger partial charge in [-0.05, 0) is 23.9 Å². The summed E-state index contributed by atoms with van der Waals surface area (Å²) in [5, 5.41) is 10.8. The summed E-state index contributed by atoms with van der Waals surface area (Å²) in [7, 11) is 0. The summed E-state index contributed by atoms with van der Waals surface area (Å²) in [4.78, 5) is 1.02. The van der Waals surface area contributed by atoms with Crippen molar-refractivity contribution in [3.63, 3.8) is 0 Å². The molecule has 1 fully saturated rings. The monoisotopic (exact) mass is 200 g/mol. The molecule has 0 bridgehead atoms. The highest BCUT2D eigenvalue weighted by Gasteiger charge is 2.34. The quantitative estimate of drug-likeness (QED) is 0.785. The van der Waals surface area contributed by atoms with E-state index in [1.54, 1.807) is 11.3 Å². The molecule has 0 unspecified atom stereocenters. The van der Waals surface area contributed by atoms with E-state index >= 15 is 0 Å². The Balaban J connectivity index is 2.23. The van der Waals surface area contributed by atoms with E-state index in [-0.39, 0.29) is 6.61 Å². The van der Waals surface area contributed by atoms with Gasteiger partial charge in [-0.25, -0.2) is 0 Å². The van der Waals surface area contributed by atoms with E-state index in [9.17, 15) is 0 Å². The van der Waals surface area contributed by atoms with Gasteiger partial charge in [-0.1, -0.05) is 0 Å². The van der Waals surface area contributed by atoms with Crippen LogP contribution in [0.5, 0.6) is 0 Å². The zero-order chi connectivity index (χ0) is 9.31. The third-order valence-electron chi connectivity index (χ3n) is 2.12. The van der Waals surface area contributed by atoms with E-state index in [0.717, 1.165) is 10.4 Å². The molecule has 0 saturated carbocycles. The zero-order valence-corrected chi connectivity index (χ0v) is 8.26. The summed E-state index contributed by atoms with van der Waals surface area (Å²) in [6, 6.07) is 1.93. The first-order chi connectivity index (χ1) is 6.24. The van der Waals surface area contributed by atoms with Crippen molar-refractivity contribution in [2.24, 2.45) is 0 Å². The summed E-state index contributed by atoms with van der Waals surface area (Å²) < 4.78 is 11.0. The van der Waals surface area contributed by atoms with Gasteiger partial charge in [-0.15, -0.1) is 11.3 Å². The van der Waals surface area contributed by atoms with Crippen LogP contribution in [0.15, 0.2) is 11.4 Å². The zero-order valence-electron chi connectivity index (χ0n) is 7.45. The molecule has 1 aliphatic rings. The lowest BCUT2D eigenvalue weighted by atomic mass is 10.2. The Morgan fingerprint density at radius 3 is 2.77 bits per heavy atom. The maximum Gasteiger partial charge on any atom is 0.201 e. The van der Waals surface area contributed by atoms with Crippen LogP contribution in [0.3, 0.4) is 0 Å². The van der Waals surface area contributed by atoms with Crippen LogP contribution in [-0.4, -0.2) is 18.3 Å². The molecule has 3 nitrogen and oxygen atoms in total. The molecular formula is C9H12O3S. The van der Waals surface area contributed by atoms with E-state index in [0.29, 0.717) is 13.2 Å². The first-order valence-corrected chi connectivity index (χ1v) is 5.09. The van der Waals surface area contributed by atoms with Crippen LogP contribution in [-0.2, 0) is 21.9 Å². The van der Waals surface area contributed by atoms with Gasteiger partial charge < -0.3 is 14.6 Å². The highest BCUT2D eigenvalue weighted by atomic mass is 32.1. The van der Waals surface area contributed by atoms with Gasteiger partial charge in [0.1, 0.15) is 0 Å². The molecule has 4 heteroatoms. The number of ether oxygens (including phenoxy) is 2. The second kappa shape index (κ2) is 3.38. The molecule has 0 atom stereocenters. The Morgan fingerprint density at radius 1 is 1.54 bits per heavy atom. The van der Waals surface area contributed by atoms with Crippen LogP contribution in [0.2, 0.25) is 0 Å². The Hall–Kier alpha value is -0.420. The predicted octanol–water partition coefficient (Wildman–Crippen LogP) is 1.46. The molecule has 1 N–H and O–H groups in total. The summed E-state index contributed by atoms with van der Waals surface area (Å²) >= 11 is 1.56. The molecule has 0 aromatic carbocycles. The van der Waals surface area contributed by atoms with Crippen molar-refractivity contribution in [3.05, 3.63) is 21.9 Å². The van der Waals surface area contributed by atoms with Crippen LogP contribution in [0.4, 0.5) is 0 Å². The fourth-order valence-electron chi connectivity index (χ4n) is 1.35. The van der Waals surface area contributed by atoms with Crippen molar-refractivity contribution in [1.82, 2.24) is 0 Å². The number of thiophene rings is 1. The Labute approximate surface area is 80.9 Å². The Morgan fingerprint density at radius 2 is 2.23 bits per heavy atom. The molecule has 13 heavy (non-hydrogen) atoms. The highest BCUT2D eigenvalue weighted by Crippen LogP contribution is 2.34. The minimum atomic E-state index is -0.585. The smallest absolute Gasteiger partial charge is 0.201 e. The van der Waals surface area contributed by atoms with Crippen LogP contribution >= 0.6 is 11.3 Å².